The van der Waals surface area contributed by atoms with Crippen LogP contribution in [0.15, 0.2) is 59.4 Å². The lowest BCUT2D eigenvalue weighted by atomic mass is 9.47. The normalized spacial score (nSPS) is 18.4. The summed E-state index contributed by atoms with van der Waals surface area (Å²) in [5.74, 6) is 2.67. The fourth-order valence-corrected chi connectivity index (χ4v) is 5.29. The van der Waals surface area contributed by atoms with E-state index >= 15 is 0 Å². The molecule has 2 aromatic rings. The van der Waals surface area contributed by atoms with Crippen LogP contribution in [0.25, 0.3) is 6.08 Å². The van der Waals surface area contributed by atoms with Crippen molar-refractivity contribution < 1.29 is 8.42 Å². The highest BCUT2D eigenvalue weighted by molar-refractivity contribution is 7.89. The van der Waals surface area contributed by atoms with E-state index in [1.165, 1.54) is 5.56 Å². The fourth-order valence-electron chi connectivity index (χ4n) is 3.82. The predicted octanol–water partition coefficient (Wildman–Crippen LogP) is 3.82. The van der Waals surface area contributed by atoms with E-state index in [4.69, 9.17) is 0 Å². The summed E-state index contributed by atoms with van der Waals surface area (Å²) >= 11 is 0. The molecule has 0 unspecified atom stereocenters. The van der Waals surface area contributed by atoms with Crippen molar-refractivity contribution in [3.05, 3.63) is 65.6 Å². The number of fused-ring (bicyclic) bond motifs is 1. The highest BCUT2D eigenvalue weighted by atomic mass is 32.2. The van der Waals surface area contributed by atoms with E-state index in [9.17, 15) is 8.42 Å². The van der Waals surface area contributed by atoms with Gasteiger partial charge in [0.2, 0.25) is 10.0 Å². The second-order valence-electron chi connectivity index (χ2n) is 7.17. The molecule has 134 valence electrons. The number of para-hydroxylation sites is 1. The zero-order valence-corrected chi connectivity index (χ0v) is 15.7. The summed E-state index contributed by atoms with van der Waals surface area (Å²) in [5.41, 5.74) is 3.44. The Morgan fingerprint density at radius 1 is 1.04 bits per heavy atom. The number of benzene rings is 2. The summed E-state index contributed by atoms with van der Waals surface area (Å²) < 4.78 is 27.3. The van der Waals surface area contributed by atoms with Crippen molar-refractivity contribution in [2.75, 3.05) is 18.3 Å². The molecule has 6 heteroatoms. The van der Waals surface area contributed by atoms with Crippen LogP contribution in [0.3, 0.4) is 0 Å². The molecule has 0 saturated carbocycles. The molecule has 2 aliphatic heterocycles. The molecule has 1 saturated heterocycles. The van der Waals surface area contributed by atoms with Gasteiger partial charge in [-0.1, -0.05) is 47.9 Å². The largest absolute Gasteiger partial charge is 0.424 e. The van der Waals surface area contributed by atoms with E-state index in [1.54, 1.807) is 16.4 Å². The highest BCUT2D eigenvalue weighted by Crippen LogP contribution is 2.33. The second-order valence-corrected chi connectivity index (χ2v) is 9.11. The number of piperidine rings is 1. The number of nitrogens with zero attached hydrogens (tertiary/aromatic N) is 1. The van der Waals surface area contributed by atoms with Crippen LogP contribution < -0.4 is 5.23 Å². The number of nitrogens with one attached hydrogen (secondary N) is 1. The molecular weight excluding hydrogens is 343 g/mol. The third-order valence-electron chi connectivity index (χ3n) is 5.43. The van der Waals surface area contributed by atoms with Gasteiger partial charge in [0.05, 0.1) is 4.90 Å². The number of hydrogen-bond donors (Lipinski definition) is 1. The number of aryl methyl sites for hydroxylation is 1. The lowest BCUT2D eigenvalue weighted by molar-refractivity contribution is 0.345. The number of rotatable bonds is 3. The molecule has 4 rings (SSSR count). The van der Waals surface area contributed by atoms with Crippen molar-refractivity contribution in [3.8, 4) is 0 Å². The van der Waals surface area contributed by atoms with Crippen molar-refractivity contribution in [1.82, 2.24) is 4.31 Å². The molecule has 0 aliphatic carbocycles. The molecular formula is C20H23BN2O2S. The molecule has 0 atom stereocenters. The van der Waals surface area contributed by atoms with E-state index in [-0.39, 0.29) is 6.85 Å². The maximum absolute atomic E-state index is 12.8. The molecule has 1 N–H and O–H groups in total. The number of sulfonamides is 1. The van der Waals surface area contributed by atoms with Crippen LogP contribution in [0.4, 0.5) is 5.69 Å². The summed E-state index contributed by atoms with van der Waals surface area (Å²) in [6, 6.07) is 15.4. The monoisotopic (exact) mass is 366 g/mol. The summed E-state index contributed by atoms with van der Waals surface area (Å²) in [4.78, 5) is 0.395. The highest BCUT2D eigenvalue weighted by Gasteiger charge is 2.34. The minimum absolute atomic E-state index is 0.272. The van der Waals surface area contributed by atoms with Gasteiger partial charge in [-0.25, -0.2) is 8.42 Å². The smallest absolute Gasteiger partial charge is 0.281 e. The van der Waals surface area contributed by atoms with Crippen molar-refractivity contribution in [1.29, 1.82) is 0 Å². The first-order valence-corrected chi connectivity index (χ1v) is 10.6. The maximum Gasteiger partial charge on any atom is 0.281 e. The van der Waals surface area contributed by atoms with Gasteiger partial charge in [0.15, 0.2) is 0 Å². The van der Waals surface area contributed by atoms with Crippen molar-refractivity contribution in [3.63, 3.8) is 0 Å². The van der Waals surface area contributed by atoms with Crippen LogP contribution in [0, 0.1) is 6.92 Å². The van der Waals surface area contributed by atoms with E-state index < -0.39 is 10.0 Å². The number of hydrogen-bond acceptors (Lipinski definition) is 3. The van der Waals surface area contributed by atoms with Crippen molar-refractivity contribution >= 4 is 28.6 Å². The molecule has 0 spiro atoms. The Bertz CT molecular complexity index is 917. The van der Waals surface area contributed by atoms with Gasteiger partial charge in [-0.05, 0) is 49.3 Å². The van der Waals surface area contributed by atoms with Crippen molar-refractivity contribution in [2.45, 2.75) is 30.5 Å². The van der Waals surface area contributed by atoms with E-state index in [0.717, 1.165) is 24.1 Å². The van der Waals surface area contributed by atoms with Crippen molar-refractivity contribution in [2.24, 2.45) is 0 Å². The summed E-state index contributed by atoms with van der Waals surface area (Å²) in [6.45, 7) is 3.39. The fraction of sp³-hybridized carbons (Fsp3) is 0.300. The van der Waals surface area contributed by atoms with Crippen LogP contribution in [-0.2, 0) is 10.0 Å². The van der Waals surface area contributed by atoms with Gasteiger partial charge >= 0.3 is 0 Å². The zero-order chi connectivity index (χ0) is 18.1. The minimum atomic E-state index is -3.39. The summed E-state index contributed by atoms with van der Waals surface area (Å²) in [5, 5.41) is 3.60. The van der Waals surface area contributed by atoms with Gasteiger partial charge in [-0.2, -0.15) is 4.31 Å². The van der Waals surface area contributed by atoms with E-state index in [1.807, 2.05) is 31.2 Å². The zero-order valence-electron chi connectivity index (χ0n) is 14.9. The van der Waals surface area contributed by atoms with Gasteiger partial charge < -0.3 is 5.23 Å². The average Bonchev–Trinajstić information content (AvgIpc) is 2.68. The first kappa shape index (κ1) is 17.4. The Morgan fingerprint density at radius 2 is 1.73 bits per heavy atom. The number of anilines is 1. The van der Waals surface area contributed by atoms with Gasteiger partial charge in [0.25, 0.3) is 6.85 Å². The Kier molecular flexibility index (Phi) is 4.63. The lowest BCUT2D eigenvalue weighted by Crippen LogP contribution is -2.42. The Hall–Kier alpha value is -2.05. The second kappa shape index (κ2) is 6.93. The summed E-state index contributed by atoms with van der Waals surface area (Å²) in [7, 11) is -3.39. The molecule has 4 nitrogen and oxygen atoms in total. The standard InChI is InChI=1S/C20H23BN2O2S/c1-16-6-8-19(9-7-16)26(24,25)23-14-11-18(12-15-23)21-13-10-17-4-2-3-5-20(17)22-21/h2-10,13,18,22H,11-12,14-15H2,1H3. The lowest BCUT2D eigenvalue weighted by Gasteiger charge is -2.34. The molecule has 2 aliphatic rings. The van der Waals surface area contributed by atoms with E-state index in [2.05, 4.69) is 29.4 Å². The molecule has 0 aromatic heterocycles. The van der Waals surface area contributed by atoms with Gasteiger partial charge in [-0.3, -0.25) is 0 Å². The SMILES string of the molecule is Cc1ccc(S(=O)(=O)N2CCC(B3C=Cc4ccccc4N3)CC2)cc1. The minimum Gasteiger partial charge on any atom is -0.424 e. The topological polar surface area (TPSA) is 49.4 Å². The molecule has 0 bridgehead atoms. The predicted molar refractivity (Wildman–Crippen MR) is 108 cm³/mol. The molecule has 26 heavy (non-hydrogen) atoms. The quantitative estimate of drug-likeness (QED) is 0.841. The Balaban J connectivity index is 1.42. The summed E-state index contributed by atoms with van der Waals surface area (Å²) in [6.07, 6.45) is 3.91. The maximum atomic E-state index is 12.8. The molecule has 2 aromatic carbocycles. The first-order valence-electron chi connectivity index (χ1n) is 9.15. The first-order chi connectivity index (χ1) is 12.5. The van der Waals surface area contributed by atoms with Crippen LogP contribution in [0.1, 0.15) is 24.0 Å². The van der Waals surface area contributed by atoms with Gasteiger partial charge in [0, 0.05) is 18.8 Å². The molecule has 1 fully saturated rings. The van der Waals surface area contributed by atoms with Crippen LogP contribution in [0.2, 0.25) is 5.82 Å². The molecule has 0 amide bonds. The Labute approximate surface area is 156 Å². The van der Waals surface area contributed by atoms with E-state index in [0.29, 0.717) is 23.8 Å². The third kappa shape index (κ3) is 3.31. The molecule has 0 radical (unpaired) electrons. The van der Waals surface area contributed by atoms with Gasteiger partial charge in [0.1, 0.15) is 0 Å². The van der Waals surface area contributed by atoms with Crippen LogP contribution >= 0.6 is 0 Å². The van der Waals surface area contributed by atoms with Gasteiger partial charge in [-0.15, -0.1) is 0 Å². The Morgan fingerprint density at radius 3 is 2.46 bits per heavy atom. The van der Waals surface area contributed by atoms with Crippen LogP contribution in [0.5, 0.6) is 0 Å². The third-order valence-corrected chi connectivity index (χ3v) is 7.34. The van der Waals surface area contributed by atoms with Crippen LogP contribution in [-0.4, -0.2) is 32.7 Å². The molecule has 2 heterocycles. The average molecular weight is 366 g/mol.